The van der Waals surface area contributed by atoms with Gasteiger partial charge in [0.1, 0.15) is 35.8 Å². The first-order chi connectivity index (χ1) is 20.9. The molecule has 3 aromatic carbocycles. The number of aliphatic hydroxyl groups excluding tert-OH is 1. The summed E-state index contributed by atoms with van der Waals surface area (Å²) < 4.78 is 52.7. The maximum absolute atomic E-state index is 13.7. The lowest BCUT2D eigenvalue weighted by atomic mass is 10.00. The second-order valence-corrected chi connectivity index (χ2v) is 19.6. The van der Waals surface area contributed by atoms with E-state index < -0.39 is 29.8 Å². The van der Waals surface area contributed by atoms with Gasteiger partial charge in [0.25, 0.3) is 0 Å². The Morgan fingerprint density at radius 3 is 2.36 bits per heavy atom. The van der Waals surface area contributed by atoms with Gasteiger partial charge >= 0.3 is 0 Å². The van der Waals surface area contributed by atoms with Crippen molar-refractivity contribution in [3.63, 3.8) is 0 Å². The van der Waals surface area contributed by atoms with E-state index in [0.717, 1.165) is 6.04 Å². The Labute approximate surface area is 258 Å². The van der Waals surface area contributed by atoms with Crippen LogP contribution in [-0.4, -0.2) is 48.5 Å². The highest BCUT2D eigenvalue weighted by Crippen LogP contribution is 2.38. The number of hydrogen-bond acceptors (Lipinski definition) is 7. The smallest absolute Gasteiger partial charge is 0.178 e. The van der Waals surface area contributed by atoms with E-state index in [4.69, 9.17) is 14.5 Å². The lowest BCUT2D eigenvalue weighted by Crippen LogP contribution is -2.22. The van der Waals surface area contributed by atoms with Gasteiger partial charge in [0.05, 0.1) is 21.7 Å². The number of halogens is 1. The van der Waals surface area contributed by atoms with Gasteiger partial charge in [-0.1, -0.05) is 44.8 Å². The molecule has 1 atom stereocenters. The average molecular weight is 634 g/mol. The van der Waals surface area contributed by atoms with E-state index in [9.17, 15) is 17.9 Å². The lowest BCUT2D eigenvalue weighted by Gasteiger charge is -2.18. The zero-order chi connectivity index (χ0) is 31.5. The number of hydrogen-bond donors (Lipinski definition) is 1. The molecule has 0 aliphatic heterocycles. The van der Waals surface area contributed by atoms with Gasteiger partial charge in [0.15, 0.2) is 15.7 Å². The minimum absolute atomic E-state index is 0.0134. The summed E-state index contributed by atoms with van der Waals surface area (Å²) in [4.78, 5) is 9.60. The van der Waals surface area contributed by atoms with Crippen molar-refractivity contribution in [2.45, 2.75) is 50.3 Å². The third kappa shape index (κ3) is 7.24. The van der Waals surface area contributed by atoms with Crippen LogP contribution in [0.3, 0.4) is 0 Å². The zero-order valence-corrected chi connectivity index (χ0v) is 27.0. The molecule has 0 amide bonds. The fourth-order valence-electron chi connectivity index (χ4n) is 4.66. The zero-order valence-electron chi connectivity index (χ0n) is 25.2. The Bertz CT molecular complexity index is 1840. The maximum Gasteiger partial charge on any atom is 0.178 e. The number of rotatable bonds is 12. The summed E-state index contributed by atoms with van der Waals surface area (Å²) in [5.41, 5.74) is 2.83. The number of imidazole rings is 1. The van der Waals surface area contributed by atoms with Gasteiger partial charge in [-0.25, -0.2) is 17.8 Å². The number of aliphatic hydroxyl groups is 1. The molecular formula is C33H36FN3O5SSi. The first-order valence-electron chi connectivity index (χ1n) is 14.4. The molecule has 5 rings (SSSR count). The van der Waals surface area contributed by atoms with E-state index in [0.29, 0.717) is 51.8 Å². The molecule has 0 fully saturated rings. The van der Waals surface area contributed by atoms with E-state index in [-0.39, 0.29) is 17.4 Å². The standard InChI is InChI=1S/C33H36FN3O5SSi/c1-5-43(39,40)26-15-13-25(14-16-26)42-31-21-30-29(20-27(31)32(38)23-9-11-24(34)12-10-23)36-33(28-8-6-7-17-35-28)37(30)22-41-18-19-44(2,3)4/h6-17,20-21,32,38H,5,18-19,22H2,1-4H3. The number of benzene rings is 3. The minimum Gasteiger partial charge on any atom is -0.457 e. The topological polar surface area (TPSA) is 104 Å². The Morgan fingerprint density at radius 1 is 1.00 bits per heavy atom. The highest BCUT2D eigenvalue weighted by molar-refractivity contribution is 7.91. The van der Waals surface area contributed by atoms with Gasteiger partial charge in [-0.05, 0) is 66.2 Å². The first-order valence-corrected chi connectivity index (χ1v) is 19.8. The summed E-state index contributed by atoms with van der Waals surface area (Å²) in [7, 11) is -4.69. The number of ether oxygens (including phenoxy) is 2. The highest BCUT2D eigenvalue weighted by Gasteiger charge is 2.23. The van der Waals surface area contributed by atoms with Crippen LogP contribution in [0.4, 0.5) is 4.39 Å². The Balaban J connectivity index is 1.62. The summed E-state index contributed by atoms with van der Waals surface area (Å²) in [6.07, 6.45) is 0.539. The molecule has 0 aliphatic carbocycles. The van der Waals surface area contributed by atoms with E-state index in [2.05, 4.69) is 24.6 Å². The Morgan fingerprint density at radius 2 is 1.73 bits per heavy atom. The Kier molecular flexibility index (Phi) is 9.30. The minimum atomic E-state index is -3.38. The molecule has 1 N–H and O–H groups in total. The largest absolute Gasteiger partial charge is 0.457 e. The maximum atomic E-state index is 13.7. The summed E-state index contributed by atoms with van der Waals surface area (Å²) in [5.74, 6) is 0.885. The van der Waals surface area contributed by atoms with E-state index >= 15 is 0 Å². The van der Waals surface area contributed by atoms with Crippen molar-refractivity contribution in [1.29, 1.82) is 0 Å². The van der Waals surface area contributed by atoms with Crippen LogP contribution >= 0.6 is 0 Å². The monoisotopic (exact) mass is 633 g/mol. The van der Waals surface area contributed by atoms with E-state index in [1.165, 1.54) is 36.4 Å². The summed E-state index contributed by atoms with van der Waals surface area (Å²) >= 11 is 0. The Hall–Kier alpha value is -3.90. The summed E-state index contributed by atoms with van der Waals surface area (Å²) in [6.45, 7) is 9.32. The molecule has 5 aromatic rings. The molecule has 0 bridgehead atoms. The number of nitrogens with zero attached hydrogens (tertiary/aromatic N) is 3. The molecule has 2 heterocycles. The predicted molar refractivity (Wildman–Crippen MR) is 172 cm³/mol. The molecule has 0 saturated heterocycles. The molecule has 1 unspecified atom stereocenters. The number of fused-ring (bicyclic) bond motifs is 1. The molecular weight excluding hydrogens is 598 g/mol. The molecule has 230 valence electrons. The van der Waals surface area contributed by atoms with E-state index in [1.54, 1.807) is 37.4 Å². The molecule has 0 radical (unpaired) electrons. The molecule has 8 nitrogen and oxygen atoms in total. The van der Waals surface area contributed by atoms with Crippen LogP contribution in [0.2, 0.25) is 25.7 Å². The van der Waals surface area contributed by atoms with Crippen LogP contribution in [0, 0.1) is 5.82 Å². The molecule has 0 saturated carbocycles. The van der Waals surface area contributed by atoms with Crippen LogP contribution in [-0.2, 0) is 21.3 Å². The molecule has 44 heavy (non-hydrogen) atoms. The van der Waals surface area contributed by atoms with Crippen molar-refractivity contribution in [2.24, 2.45) is 0 Å². The number of aromatic nitrogens is 3. The van der Waals surface area contributed by atoms with Gasteiger partial charge < -0.3 is 14.6 Å². The lowest BCUT2D eigenvalue weighted by molar-refractivity contribution is 0.0909. The molecule has 11 heteroatoms. The second kappa shape index (κ2) is 13.0. The van der Waals surface area contributed by atoms with Crippen molar-refractivity contribution in [1.82, 2.24) is 14.5 Å². The van der Waals surface area contributed by atoms with Crippen molar-refractivity contribution in [3.8, 4) is 23.0 Å². The summed E-state index contributed by atoms with van der Waals surface area (Å²) in [5, 5.41) is 11.5. The third-order valence-electron chi connectivity index (χ3n) is 7.26. The van der Waals surface area contributed by atoms with Crippen LogP contribution in [0.5, 0.6) is 11.5 Å². The molecule has 0 aliphatic rings. The fourth-order valence-corrected chi connectivity index (χ4v) is 6.30. The van der Waals surface area contributed by atoms with Gasteiger partial charge in [-0.15, -0.1) is 0 Å². The molecule has 2 aromatic heterocycles. The number of sulfone groups is 1. The van der Waals surface area contributed by atoms with Gasteiger partial charge in [0.2, 0.25) is 0 Å². The number of pyridine rings is 1. The summed E-state index contributed by atoms with van der Waals surface area (Å²) in [6, 6.07) is 21.9. The van der Waals surface area contributed by atoms with Crippen molar-refractivity contribution >= 4 is 28.9 Å². The normalized spacial score (nSPS) is 12.9. The molecule has 0 spiro atoms. The van der Waals surface area contributed by atoms with Crippen LogP contribution in [0.25, 0.3) is 22.6 Å². The second-order valence-electron chi connectivity index (χ2n) is 11.7. The van der Waals surface area contributed by atoms with Gasteiger partial charge in [0, 0.05) is 32.5 Å². The van der Waals surface area contributed by atoms with Crippen molar-refractivity contribution < 1.29 is 27.4 Å². The SMILES string of the molecule is CCS(=O)(=O)c1ccc(Oc2cc3c(cc2C(O)c2ccc(F)cc2)nc(-c2ccccn2)n3COCC[Si](C)(C)C)cc1. The van der Waals surface area contributed by atoms with Gasteiger partial charge in [-0.3, -0.25) is 9.55 Å². The quantitative estimate of drug-likeness (QED) is 0.114. The van der Waals surface area contributed by atoms with Crippen LogP contribution in [0.1, 0.15) is 24.2 Å². The first kappa shape index (κ1) is 31.5. The average Bonchev–Trinajstić information content (AvgIpc) is 3.36. The predicted octanol–water partition coefficient (Wildman–Crippen LogP) is 7.22. The fraction of sp³-hybridized carbons (Fsp3) is 0.273. The van der Waals surface area contributed by atoms with Gasteiger partial charge in [-0.2, -0.15) is 0 Å². The van der Waals surface area contributed by atoms with E-state index in [1.807, 2.05) is 22.8 Å². The van der Waals surface area contributed by atoms with Crippen molar-refractivity contribution in [3.05, 3.63) is 102 Å². The van der Waals surface area contributed by atoms with Crippen molar-refractivity contribution in [2.75, 3.05) is 12.4 Å². The van der Waals surface area contributed by atoms with Crippen LogP contribution < -0.4 is 4.74 Å². The van der Waals surface area contributed by atoms with Crippen LogP contribution in [0.15, 0.2) is 90.0 Å². The third-order valence-corrected chi connectivity index (χ3v) is 10.7. The highest BCUT2D eigenvalue weighted by atomic mass is 32.2.